The maximum atomic E-state index is 14.1. The molecule has 20 nitrogen and oxygen atoms in total. The summed E-state index contributed by atoms with van der Waals surface area (Å²) in [7, 11) is 0. The molecule has 2 aromatic carbocycles. The molecule has 4 heterocycles. The topological polar surface area (TPSA) is 328 Å². The van der Waals surface area contributed by atoms with Crippen LogP contribution >= 0.6 is 0 Å². The number of fused-ring (bicyclic) bond motifs is 1. The summed E-state index contributed by atoms with van der Waals surface area (Å²) in [6, 6.07) is 3.68. The fourth-order valence-electron chi connectivity index (χ4n) is 6.25. The molecule has 1 aromatic heterocycles. The molecule has 0 aliphatic carbocycles. The second kappa shape index (κ2) is 14.7. The quantitative estimate of drug-likeness (QED) is 0.111. The normalized spacial score (nSPS) is 37.8. The molecule has 15 atom stereocenters. The summed E-state index contributed by atoms with van der Waals surface area (Å²) in [4.78, 5) is 14.1. The summed E-state index contributed by atoms with van der Waals surface area (Å²) < 4.78 is 39.9. The Labute approximate surface area is 298 Å². The Morgan fingerprint density at radius 1 is 0.585 bits per heavy atom. The van der Waals surface area contributed by atoms with Crippen molar-refractivity contribution >= 4 is 11.0 Å². The molecule has 12 N–H and O–H groups in total. The minimum Gasteiger partial charge on any atom is -0.508 e. The smallest absolute Gasteiger partial charge is 0.239 e. The van der Waals surface area contributed by atoms with E-state index in [4.69, 9.17) is 32.8 Å². The lowest BCUT2D eigenvalue weighted by Crippen LogP contribution is -2.63. The molecular formula is C33H40O20. The highest BCUT2D eigenvalue weighted by molar-refractivity contribution is 5.88. The van der Waals surface area contributed by atoms with E-state index < -0.39 is 149 Å². The lowest BCUT2D eigenvalue weighted by Gasteiger charge is -2.45. The molecular weight excluding hydrogens is 716 g/mol. The first kappa shape index (κ1) is 38.7. The third kappa shape index (κ3) is 7.04. The Balaban J connectivity index is 1.45. The highest BCUT2D eigenvalue weighted by atomic mass is 16.8. The van der Waals surface area contributed by atoms with Crippen LogP contribution in [-0.2, 0) is 18.9 Å². The third-order valence-electron chi connectivity index (χ3n) is 9.40. The molecule has 0 spiro atoms. The van der Waals surface area contributed by atoms with Gasteiger partial charge in [0.05, 0.1) is 18.3 Å². The number of benzene rings is 2. The highest BCUT2D eigenvalue weighted by Crippen LogP contribution is 2.45. The van der Waals surface area contributed by atoms with Crippen molar-refractivity contribution < 1.29 is 94.1 Å². The van der Waals surface area contributed by atoms with Gasteiger partial charge in [-0.2, -0.15) is 0 Å². The number of aliphatic hydroxyl groups excluding tert-OH is 8. The summed E-state index contributed by atoms with van der Waals surface area (Å²) in [5.74, 6) is -5.07. The van der Waals surface area contributed by atoms with Crippen LogP contribution < -0.4 is 14.9 Å². The molecule has 0 amide bonds. The number of phenols is 4. The Hall–Kier alpha value is -4.03. The number of rotatable bonds is 7. The van der Waals surface area contributed by atoms with Gasteiger partial charge in [0.25, 0.3) is 0 Å². The van der Waals surface area contributed by atoms with Crippen LogP contribution in [0, 0.1) is 0 Å². The molecule has 53 heavy (non-hydrogen) atoms. The molecule has 3 aliphatic heterocycles. The average molecular weight is 757 g/mol. The Bertz CT molecular complexity index is 1870. The molecule has 0 bridgehead atoms. The van der Waals surface area contributed by atoms with E-state index >= 15 is 0 Å². The van der Waals surface area contributed by atoms with Gasteiger partial charge in [0.15, 0.2) is 29.7 Å². The SMILES string of the molecule is C[C@@H]1O[C@@H](Oc2cc(-c3oc4cc(O)cc(O)c4c(=O)c3O[C@@H]3O[C@@H](C)[C@H](O)[C@@H](O)[C@H]3O[C@@H]3O[C@@H](C)[C@H](O)[C@@H](O)[C@H]3O)cc(O)c2O)[C@H](O)[C@H](O)[C@H]1O. The van der Waals surface area contributed by atoms with Gasteiger partial charge in [0.2, 0.25) is 29.5 Å². The van der Waals surface area contributed by atoms with Crippen molar-refractivity contribution in [3.05, 3.63) is 34.5 Å². The van der Waals surface area contributed by atoms with Crippen LogP contribution in [-0.4, -0.2) is 153 Å². The van der Waals surface area contributed by atoms with E-state index in [9.17, 15) is 66.1 Å². The van der Waals surface area contributed by atoms with Crippen LogP contribution in [0.5, 0.6) is 34.5 Å². The van der Waals surface area contributed by atoms with E-state index in [1.165, 1.54) is 20.8 Å². The molecule has 3 fully saturated rings. The number of aromatic hydroxyl groups is 4. The van der Waals surface area contributed by atoms with Crippen LogP contribution in [0.3, 0.4) is 0 Å². The zero-order valence-corrected chi connectivity index (χ0v) is 28.1. The zero-order valence-electron chi connectivity index (χ0n) is 28.1. The number of hydrogen-bond acceptors (Lipinski definition) is 20. The van der Waals surface area contributed by atoms with E-state index in [1.54, 1.807) is 0 Å². The van der Waals surface area contributed by atoms with Gasteiger partial charge >= 0.3 is 0 Å². The van der Waals surface area contributed by atoms with Crippen LogP contribution in [0.1, 0.15) is 20.8 Å². The summed E-state index contributed by atoms with van der Waals surface area (Å²) in [5, 5.41) is 125. The van der Waals surface area contributed by atoms with Crippen LogP contribution in [0.15, 0.2) is 33.5 Å². The van der Waals surface area contributed by atoms with Crippen molar-refractivity contribution in [2.24, 2.45) is 0 Å². The fourth-order valence-corrected chi connectivity index (χ4v) is 6.25. The second-order valence-corrected chi connectivity index (χ2v) is 13.2. The van der Waals surface area contributed by atoms with Crippen molar-refractivity contribution in [2.45, 2.75) is 113 Å². The number of ether oxygens (including phenoxy) is 6. The number of aliphatic hydroxyl groups is 8. The summed E-state index contributed by atoms with van der Waals surface area (Å²) in [6.07, 6.45) is -24.2. The van der Waals surface area contributed by atoms with Crippen LogP contribution in [0.25, 0.3) is 22.3 Å². The van der Waals surface area contributed by atoms with E-state index in [0.29, 0.717) is 0 Å². The van der Waals surface area contributed by atoms with Crippen molar-refractivity contribution in [2.75, 3.05) is 0 Å². The van der Waals surface area contributed by atoms with Gasteiger partial charge in [-0.3, -0.25) is 4.79 Å². The van der Waals surface area contributed by atoms with Crippen LogP contribution in [0.4, 0.5) is 0 Å². The molecule has 0 radical (unpaired) electrons. The molecule has 6 rings (SSSR count). The summed E-state index contributed by atoms with van der Waals surface area (Å²) in [5.41, 5.74) is -1.84. The standard InChI is InChI=1S/C33H40O20/c1-8-18(37)23(42)26(45)31(47-8)51-16-5-11(4-14(36)21(16)40)28-29(22(41)17-13(35)6-12(34)7-15(17)50-28)52-33-30(25(44)20(39)10(3)49-33)53-32-27(46)24(43)19(38)9(2)48-32/h4-10,18-20,23-27,30-40,42-46H,1-3H3/t8-,9-,10-,18-,19-,20-,23+,24+,25+,26+,27+,30+,31-,32-,33-/m0/s1. The van der Waals surface area contributed by atoms with E-state index in [0.717, 1.165) is 24.3 Å². The minimum atomic E-state index is -1.88. The number of hydrogen-bond donors (Lipinski definition) is 12. The summed E-state index contributed by atoms with van der Waals surface area (Å²) in [6.45, 7) is 4.08. The van der Waals surface area contributed by atoms with Gasteiger partial charge < -0.3 is 94.1 Å². The summed E-state index contributed by atoms with van der Waals surface area (Å²) >= 11 is 0. The lowest BCUT2D eigenvalue weighted by atomic mass is 9.98. The molecule has 0 unspecified atom stereocenters. The van der Waals surface area contributed by atoms with Gasteiger partial charge in [-0.25, -0.2) is 0 Å². The van der Waals surface area contributed by atoms with Gasteiger partial charge in [-0.05, 0) is 32.9 Å². The van der Waals surface area contributed by atoms with Gasteiger partial charge in [0.1, 0.15) is 71.3 Å². The maximum absolute atomic E-state index is 14.1. The van der Waals surface area contributed by atoms with Crippen molar-refractivity contribution in [3.8, 4) is 45.8 Å². The second-order valence-electron chi connectivity index (χ2n) is 13.2. The highest BCUT2D eigenvalue weighted by Gasteiger charge is 2.51. The van der Waals surface area contributed by atoms with Gasteiger partial charge in [-0.1, -0.05) is 0 Å². The Kier molecular flexibility index (Phi) is 10.7. The Morgan fingerprint density at radius 3 is 1.75 bits per heavy atom. The van der Waals surface area contributed by atoms with Gasteiger partial charge in [-0.15, -0.1) is 0 Å². The first-order valence-corrected chi connectivity index (χ1v) is 16.4. The largest absolute Gasteiger partial charge is 0.508 e. The van der Waals surface area contributed by atoms with Crippen molar-refractivity contribution in [1.29, 1.82) is 0 Å². The van der Waals surface area contributed by atoms with Crippen molar-refractivity contribution in [3.63, 3.8) is 0 Å². The van der Waals surface area contributed by atoms with E-state index in [2.05, 4.69) is 0 Å². The van der Waals surface area contributed by atoms with Crippen LogP contribution in [0.2, 0.25) is 0 Å². The number of phenolic OH excluding ortho intramolecular Hbond substituents is 4. The zero-order chi connectivity index (χ0) is 38.8. The molecule has 3 aliphatic rings. The van der Waals surface area contributed by atoms with Gasteiger partial charge in [0, 0.05) is 17.7 Å². The minimum absolute atomic E-state index is 0.301. The molecule has 3 saturated heterocycles. The maximum Gasteiger partial charge on any atom is 0.239 e. The monoisotopic (exact) mass is 756 g/mol. The molecule has 0 saturated carbocycles. The average Bonchev–Trinajstić information content (AvgIpc) is 3.10. The fraction of sp³-hybridized carbons (Fsp3) is 0.545. The molecule has 292 valence electrons. The predicted molar refractivity (Wildman–Crippen MR) is 172 cm³/mol. The lowest BCUT2D eigenvalue weighted by molar-refractivity contribution is -0.352. The first-order chi connectivity index (χ1) is 24.9. The van der Waals surface area contributed by atoms with E-state index in [-0.39, 0.29) is 5.56 Å². The molecule has 20 heteroatoms. The molecule has 3 aromatic rings. The van der Waals surface area contributed by atoms with E-state index in [1.807, 2.05) is 0 Å². The first-order valence-electron chi connectivity index (χ1n) is 16.4. The Morgan fingerprint density at radius 2 is 1.13 bits per heavy atom. The third-order valence-corrected chi connectivity index (χ3v) is 9.40. The van der Waals surface area contributed by atoms with Crippen molar-refractivity contribution in [1.82, 2.24) is 0 Å². The predicted octanol–water partition coefficient (Wildman–Crippen LogP) is -2.45.